The van der Waals surface area contributed by atoms with Gasteiger partial charge in [-0.15, -0.1) is 11.3 Å². The van der Waals surface area contributed by atoms with Crippen LogP contribution < -0.4 is 5.32 Å². The largest absolute Gasteiger partial charge is 0.356 e. The average Bonchev–Trinajstić information content (AvgIpc) is 2.97. The first-order chi connectivity index (χ1) is 11.7. The zero-order valence-electron chi connectivity index (χ0n) is 14.9. The highest BCUT2D eigenvalue weighted by atomic mass is 32.2. The van der Waals surface area contributed by atoms with Gasteiger partial charge in [-0.2, -0.15) is 0 Å². The molecule has 2 rings (SSSR count). The van der Waals surface area contributed by atoms with Crippen LogP contribution in [0.3, 0.4) is 0 Å². The van der Waals surface area contributed by atoms with Crippen molar-refractivity contribution in [1.29, 1.82) is 0 Å². The molecule has 2 unspecified atom stereocenters. The molecule has 0 saturated heterocycles. The zero-order valence-corrected chi connectivity index (χ0v) is 16.5. The first-order valence-electron chi connectivity index (χ1n) is 8.95. The molecule has 0 saturated carbocycles. The van der Waals surface area contributed by atoms with Crippen LogP contribution in [0.25, 0.3) is 10.2 Å². The first-order valence-corrected chi connectivity index (χ1v) is 10.6. The lowest BCUT2D eigenvalue weighted by Gasteiger charge is -2.22. The van der Waals surface area contributed by atoms with Gasteiger partial charge in [-0.05, 0) is 25.5 Å². The molecule has 1 aromatic carbocycles. The summed E-state index contributed by atoms with van der Waals surface area (Å²) in [5.74, 6) is 0.244. The zero-order chi connectivity index (χ0) is 17.4. The Hall–Kier alpha value is -1.07. The minimum atomic E-state index is 0.0545. The summed E-state index contributed by atoms with van der Waals surface area (Å²) in [6.07, 6.45) is 5.78. The number of fused-ring (bicyclic) bond motifs is 1. The molecule has 1 N–H and O–H groups in total. The summed E-state index contributed by atoms with van der Waals surface area (Å²) < 4.78 is 2.27. The first kappa shape index (κ1) is 19.3. The number of hydrogen-bond donors (Lipinski definition) is 1. The second kappa shape index (κ2) is 10.0. The summed E-state index contributed by atoms with van der Waals surface area (Å²) >= 11 is 3.46. The van der Waals surface area contributed by atoms with Gasteiger partial charge in [-0.25, -0.2) is 4.98 Å². The average molecular weight is 365 g/mol. The van der Waals surface area contributed by atoms with Crippen LogP contribution in [-0.4, -0.2) is 22.7 Å². The molecule has 1 amide bonds. The van der Waals surface area contributed by atoms with Crippen molar-refractivity contribution in [1.82, 2.24) is 10.3 Å². The fraction of sp³-hybridized carbons (Fsp3) is 0.579. The molecule has 1 aromatic heterocycles. The topological polar surface area (TPSA) is 42.0 Å². The van der Waals surface area contributed by atoms with Crippen molar-refractivity contribution in [2.75, 3.05) is 6.54 Å². The maximum Gasteiger partial charge on any atom is 0.224 e. The van der Waals surface area contributed by atoms with Gasteiger partial charge in [0.2, 0.25) is 5.91 Å². The van der Waals surface area contributed by atoms with Gasteiger partial charge in [0.1, 0.15) is 0 Å². The number of carbonyl (C=O) groups excluding carboxylic acids is 1. The Bertz CT molecular complexity index is 608. The Labute approximate surface area is 153 Å². The number of para-hydroxylation sites is 1. The number of unbranched alkanes of at least 4 members (excludes halogenated alkanes) is 3. The number of carbonyl (C=O) groups is 1. The quantitative estimate of drug-likeness (QED) is 0.447. The fourth-order valence-electron chi connectivity index (χ4n) is 2.82. The summed E-state index contributed by atoms with van der Waals surface area (Å²) in [6.45, 7) is 7.06. The van der Waals surface area contributed by atoms with Crippen LogP contribution in [0.15, 0.2) is 28.6 Å². The lowest BCUT2D eigenvalue weighted by atomic mass is 9.97. The van der Waals surface area contributed by atoms with Crippen molar-refractivity contribution in [2.24, 2.45) is 5.92 Å². The van der Waals surface area contributed by atoms with Crippen LogP contribution in [0.4, 0.5) is 0 Å². The Morgan fingerprint density at radius 2 is 2.04 bits per heavy atom. The molecule has 0 fully saturated rings. The van der Waals surface area contributed by atoms with E-state index < -0.39 is 0 Å². The molecular weight excluding hydrogens is 336 g/mol. The van der Waals surface area contributed by atoms with Gasteiger partial charge < -0.3 is 5.32 Å². The standard InChI is InChI=1S/C19H28N2OS2/c1-4-6-7-8-11-15(18(22)20-5-2)14(3)23-19-21-16-12-9-10-13-17(16)24-19/h9-10,12-15H,4-8,11H2,1-3H3,(H,20,22). The van der Waals surface area contributed by atoms with Gasteiger partial charge in [-0.3, -0.25) is 4.79 Å². The molecule has 3 nitrogen and oxygen atoms in total. The van der Waals surface area contributed by atoms with E-state index in [1.54, 1.807) is 23.1 Å². The molecular formula is C19H28N2OS2. The highest BCUT2D eigenvalue weighted by Gasteiger charge is 2.26. The maximum atomic E-state index is 12.5. The lowest BCUT2D eigenvalue weighted by molar-refractivity contribution is -0.125. The minimum absolute atomic E-state index is 0.0545. The van der Waals surface area contributed by atoms with Crippen LogP contribution in [0.1, 0.15) is 52.9 Å². The number of rotatable bonds is 10. The maximum absolute atomic E-state index is 12.5. The van der Waals surface area contributed by atoms with Crippen LogP contribution in [0.5, 0.6) is 0 Å². The molecule has 2 atom stereocenters. The van der Waals surface area contributed by atoms with Crippen molar-refractivity contribution in [3.8, 4) is 0 Å². The number of thioether (sulfide) groups is 1. The van der Waals surface area contributed by atoms with Crippen molar-refractivity contribution in [3.63, 3.8) is 0 Å². The van der Waals surface area contributed by atoms with E-state index in [0.29, 0.717) is 6.54 Å². The predicted octanol–water partition coefficient (Wildman–Crippen LogP) is 5.50. The highest BCUT2D eigenvalue weighted by Crippen LogP contribution is 2.35. The van der Waals surface area contributed by atoms with Gasteiger partial charge in [0.15, 0.2) is 4.34 Å². The number of hydrogen-bond acceptors (Lipinski definition) is 4. The van der Waals surface area contributed by atoms with Gasteiger partial charge in [0, 0.05) is 17.7 Å². The fourth-order valence-corrected chi connectivity index (χ4v) is 5.33. The third kappa shape index (κ3) is 5.49. The predicted molar refractivity (Wildman–Crippen MR) is 106 cm³/mol. The molecule has 5 heteroatoms. The molecule has 2 aromatic rings. The third-order valence-corrected chi connectivity index (χ3v) is 6.55. The van der Waals surface area contributed by atoms with E-state index in [9.17, 15) is 4.79 Å². The number of aromatic nitrogens is 1. The number of thiazole rings is 1. The molecule has 24 heavy (non-hydrogen) atoms. The van der Waals surface area contributed by atoms with Gasteiger partial charge in [0.05, 0.1) is 10.2 Å². The van der Waals surface area contributed by atoms with E-state index in [1.165, 1.54) is 24.0 Å². The number of nitrogens with one attached hydrogen (secondary N) is 1. The Kier molecular flexibility index (Phi) is 8.06. The second-order valence-electron chi connectivity index (χ2n) is 6.12. The summed E-state index contributed by atoms with van der Waals surface area (Å²) in [5.41, 5.74) is 1.05. The third-order valence-electron chi connectivity index (χ3n) is 4.18. The number of amides is 1. The molecule has 0 radical (unpaired) electrons. The molecule has 1 heterocycles. The Morgan fingerprint density at radius 3 is 2.75 bits per heavy atom. The monoisotopic (exact) mass is 364 g/mol. The lowest BCUT2D eigenvalue weighted by Crippen LogP contribution is -2.35. The Balaban J connectivity index is 2.01. The van der Waals surface area contributed by atoms with Gasteiger partial charge >= 0.3 is 0 Å². The van der Waals surface area contributed by atoms with E-state index in [1.807, 2.05) is 25.1 Å². The SMILES string of the molecule is CCCCCCC(C(=O)NCC)C(C)Sc1nc2ccccc2s1. The summed E-state index contributed by atoms with van der Waals surface area (Å²) in [7, 11) is 0. The molecule has 132 valence electrons. The molecule has 0 aliphatic carbocycles. The summed E-state index contributed by atoms with van der Waals surface area (Å²) in [5, 5.41) is 3.25. The van der Waals surface area contributed by atoms with Crippen LogP contribution in [0, 0.1) is 5.92 Å². The van der Waals surface area contributed by atoms with E-state index >= 15 is 0 Å². The minimum Gasteiger partial charge on any atom is -0.356 e. The summed E-state index contributed by atoms with van der Waals surface area (Å²) in [6, 6.07) is 8.22. The van der Waals surface area contributed by atoms with Crippen molar-refractivity contribution in [2.45, 2.75) is 62.5 Å². The number of benzene rings is 1. The molecule has 0 aliphatic rings. The second-order valence-corrected chi connectivity index (χ2v) is 8.78. The van der Waals surface area contributed by atoms with Gasteiger partial charge in [0.25, 0.3) is 0 Å². The Morgan fingerprint density at radius 1 is 1.25 bits per heavy atom. The molecule has 0 spiro atoms. The highest BCUT2D eigenvalue weighted by molar-refractivity contribution is 8.01. The smallest absolute Gasteiger partial charge is 0.224 e. The summed E-state index contributed by atoms with van der Waals surface area (Å²) in [4.78, 5) is 17.2. The molecule has 0 bridgehead atoms. The van der Waals surface area contributed by atoms with Crippen LogP contribution >= 0.6 is 23.1 Å². The van der Waals surface area contributed by atoms with E-state index in [4.69, 9.17) is 4.98 Å². The van der Waals surface area contributed by atoms with Gasteiger partial charge in [-0.1, -0.05) is 63.4 Å². The van der Waals surface area contributed by atoms with E-state index in [0.717, 1.165) is 22.7 Å². The van der Waals surface area contributed by atoms with E-state index in [2.05, 4.69) is 25.2 Å². The van der Waals surface area contributed by atoms with Crippen molar-refractivity contribution in [3.05, 3.63) is 24.3 Å². The van der Waals surface area contributed by atoms with Crippen molar-refractivity contribution >= 4 is 39.2 Å². The molecule has 0 aliphatic heterocycles. The normalized spacial score (nSPS) is 13.8. The van der Waals surface area contributed by atoms with Crippen LogP contribution in [-0.2, 0) is 4.79 Å². The number of nitrogens with zero attached hydrogens (tertiary/aromatic N) is 1. The van der Waals surface area contributed by atoms with E-state index in [-0.39, 0.29) is 17.1 Å². The van der Waals surface area contributed by atoms with Crippen LogP contribution in [0.2, 0.25) is 0 Å². The van der Waals surface area contributed by atoms with Crippen molar-refractivity contribution < 1.29 is 4.79 Å².